The van der Waals surface area contributed by atoms with E-state index in [0.29, 0.717) is 0 Å². The number of hydrogen-bond acceptors (Lipinski definition) is 4. The molecule has 5 nitrogen and oxygen atoms in total. The largest absolute Gasteiger partial charge is 0.352 e. The molecule has 0 aliphatic heterocycles. The van der Waals surface area contributed by atoms with Gasteiger partial charge in [0.05, 0.1) is 10.8 Å². The maximum absolute atomic E-state index is 11.9. The van der Waals surface area contributed by atoms with Crippen LogP contribution < -0.4 is 10.6 Å². The lowest BCUT2D eigenvalue weighted by molar-refractivity contribution is -0.123. The molecule has 114 valence electrons. The molecule has 0 fully saturated rings. The summed E-state index contributed by atoms with van der Waals surface area (Å²) in [6, 6.07) is -0.259. The zero-order valence-corrected chi connectivity index (χ0v) is 13.7. The standard InChI is InChI=1S/C13H28N2O3S/c1-7-8-10(2)15-12(16)11(3)14-9-13(4,5)19(6,17)18/h10-11,14H,7-9H2,1-6H3,(H,15,16). The lowest BCUT2D eigenvalue weighted by Crippen LogP contribution is -2.50. The molecule has 19 heavy (non-hydrogen) atoms. The average Bonchev–Trinajstić information content (AvgIpc) is 2.24. The Morgan fingerprint density at radius 3 is 2.21 bits per heavy atom. The smallest absolute Gasteiger partial charge is 0.237 e. The third kappa shape index (κ3) is 6.38. The van der Waals surface area contributed by atoms with Crippen molar-refractivity contribution < 1.29 is 13.2 Å². The summed E-state index contributed by atoms with van der Waals surface area (Å²) in [5.41, 5.74) is 0. The molecule has 0 aromatic heterocycles. The van der Waals surface area contributed by atoms with Crippen molar-refractivity contribution in [2.24, 2.45) is 0 Å². The minimum Gasteiger partial charge on any atom is -0.352 e. The van der Waals surface area contributed by atoms with Crippen LogP contribution in [-0.4, -0.2) is 44.0 Å². The van der Waals surface area contributed by atoms with Gasteiger partial charge in [0.25, 0.3) is 0 Å². The predicted molar refractivity (Wildman–Crippen MR) is 78.9 cm³/mol. The Morgan fingerprint density at radius 1 is 1.26 bits per heavy atom. The summed E-state index contributed by atoms with van der Waals surface area (Å²) in [7, 11) is -3.15. The van der Waals surface area contributed by atoms with E-state index in [4.69, 9.17) is 0 Å². The van der Waals surface area contributed by atoms with Gasteiger partial charge in [-0.15, -0.1) is 0 Å². The highest BCUT2D eigenvalue weighted by atomic mass is 32.2. The average molecular weight is 292 g/mol. The Bertz CT molecular complexity index is 391. The quantitative estimate of drug-likeness (QED) is 0.702. The Balaban J connectivity index is 4.32. The van der Waals surface area contributed by atoms with Gasteiger partial charge in [-0.3, -0.25) is 4.79 Å². The van der Waals surface area contributed by atoms with E-state index in [2.05, 4.69) is 17.6 Å². The molecule has 0 aliphatic rings. The lowest BCUT2D eigenvalue weighted by atomic mass is 10.1. The first-order chi connectivity index (χ1) is 8.51. The van der Waals surface area contributed by atoms with Gasteiger partial charge < -0.3 is 10.6 Å². The van der Waals surface area contributed by atoms with E-state index in [1.807, 2.05) is 6.92 Å². The summed E-state index contributed by atoms with van der Waals surface area (Å²) in [5, 5.41) is 5.89. The van der Waals surface area contributed by atoms with Crippen LogP contribution in [-0.2, 0) is 14.6 Å². The van der Waals surface area contributed by atoms with Crippen LogP contribution in [0.15, 0.2) is 0 Å². The zero-order chi connectivity index (χ0) is 15.3. The number of carbonyl (C=O) groups excluding carboxylic acids is 1. The molecule has 6 heteroatoms. The molecule has 1 amide bonds. The van der Waals surface area contributed by atoms with E-state index in [0.717, 1.165) is 12.8 Å². The molecule has 0 bridgehead atoms. The van der Waals surface area contributed by atoms with Crippen molar-refractivity contribution in [3.8, 4) is 0 Å². The van der Waals surface area contributed by atoms with Crippen LogP contribution in [0, 0.1) is 0 Å². The van der Waals surface area contributed by atoms with Crippen molar-refractivity contribution in [3.05, 3.63) is 0 Å². The van der Waals surface area contributed by atoms with Crippen LogP contribution in [0.2, 0.25) is 0 Å². The van der Waals surface area contributed by atoms with Gasteiger partial charge in [-0.2, -0.15) is 0 Å². The summed E-state index contributed by atoms with van der Waals surface area (Å²) in [6.07, 6.45) is 3.17. The third-order valence-corrected chi connectivity index (χ3v) is 5.49. The highest BCUT2D eigenvalue weighted by Crippen LogP contribution is 2.13. The van der Waals surface area contributed by atoms with Crippen LogP contribution >= 0.6 is 0 Å². The Labute approximate surface area is 117 Å². The van der Waals surface area contributed by atoms with Gasteiger partial charge in [0, 0.05) is 18.8 Å². The fourth-order valence-electron chi connectivity index (χ4n) is 1.50. The molecule has 0 heterocycles. The van der Waals surface area contributed by atoms with Crippen molar-refractivity contribution >= 4 is 15.7 Å². The van der Waals surface area contributed by atoms with Crippen LogP contribution in [0.3, 0.4) is 0 Å². The summed E-state index contributed by atoms with van der Waals surface area (Å²) >= 11 is 0. The minimum absolute atomic E-state index is 0.0924. The van der Waals surface area contributed by atoms with Gasteiger partial charge in [-0.25, -0.2) is 8.42 Å². The van der Waals surface area contributed by atoms with Crippen molar-refractivity contribution in [3.63, 3.8) is 0 Å². The normalized spacial score (nSPS) is 15.9. The second-order valence-corrected chi connectivity index (χ2v) is 8.48. The number of rotatable bonds is 8. The van der Waals surface area contributed by atoms with Crippen molar-refractivity contribution in [2.75, 3.05) is 12.8 Å². The number of amides is 1. The molecule has 2 unspecified atom stereocenters. The monoisotopic (exact) mass is 292 g/mol. The van der Waals surface area contributed by atoms with Gasteiger partial charge in [-0.1, -0.05) is 13.3 Å². The second kappa shape index (κ2) is 7.24. The van der Waals surface area contributed by atoms with E-state index in [-0.39, 0.29) is 18.5 Å². The Morgan fingerprint density at radius 2 is 1.79 bits per heavy atom. The number of sulfone groups is 1. The molecule has 0 spiro atoms. The molecular formula is C13H28N2O3S. The van der Waals surface area contributed by atoms with Crippen molar-refractivity contribution in [1.29, 1.82) is 0 Å². The van der Waals surface area contributed by atoms with Crippen molar-refractivity contribution in [1.82, 2.24) is 10.6 Å². The second-order valence-electron chi connectivity index (χ2n) is 5.83. The molecule has 2 N–H and O–H groups in total. The molecule has 0 radical (unpaired) electrons. The topological polar surface area (TPSA) is 75.3 Å². The first-order valence-corrected chi connectivity index (χ1v) is 8.63. The number of nitrogens with one attached hydrogen (secondary N) is 2. The highest BCUT2D eigenvalue weighted by Gasteiger charge is 2.31. The summed E-state index contributed by atoms with van der Waals surface area (Å²) < 4.78 is 22.2. The SMILES string of the molecule is CCCC(C)NC(=O)C(C)NCC(C)(C)S(C)(=O)=O. The Kier molecular flexibility index (Phi) is 7.00. The maximum atomic E-state index is 11.9. The number of carbonyl (C=O) groups is 1. The summed E-state index contributed by atoms with van der Waals surface area (Å²) in [4.78, 5) is 11.9. The van der Waals surface area contributed by atoms with Crippen LogP contribution in [0.5, 0.6) is 0 Å². The van der Waals surface area contributed by atoms with Crippen LogP contribution in [0.1, 0.15) is 47.5 Å². The van der Waals surface area contributed by atoms with E-state index in [9.17, 15) is 13.2 Å². The summed E-state index contributed by atoms with van der Waals surface area (Å²) in [6.45, 7) is 9.34. The minimum atomic E-state index is -3.15. The van der Waals surface area contributed by atoms with E-state index in [1.54, 1.807) is 20.8 Å². The Hall–Kier alpha value is -0.620. The third-order valence-electron chi connectivity index (χ3n) is 3.34. The molecular weight excluding hydrogens is 264 g/mol. The molecule has 0 rings (SSSR count). The first kappa shape index (κ1) is 18.4. The fourth-order valence-corrected chi connectivity index (χ4v) is 1.84. The highest BCUT2D eigenvalue weighted by molar-refractivity contribution is 7.92. The molecule has 0 saturated carbocycles. The zero-order valence-electron chi connectivity index (χ0n) is 12.9. The number of hydrogen-bond donors (Lipinski definition) is 2. The fraction of sp³-hybridized carbons (Fsp3) is 0.923. The molecule has 0 aromatic carbocycles. The van der Waals surface area contributed by atoms with Gasteiger partial charge in [-0.05, 0) is 34.1 Å². The lowest BCUT2D eigenvalue weighted by Gasteiger charge is -2.25. The van der Waals surface area contributed by atoms with Gasteiger partial charge >= 0.3 is 0 Å². The first-order valence-electron chi connectivity index (χ1n) is 6.74. The van der Waals surface area contributed by atoms with Gasteiger partial charge in [0.1, 0.15) is 0 Å². The summed E-state index contributed by atoms with van der Waals surface area (Å²) in [5.74, 6) is -0.0924. The molecule has 0 aromatic rings. The molecule has 0 aliphatic carbocycles. The van der Waals surface area contributed by atoms with Crippen LogP contribution in [0.25, 0.3) is 0 Å². The molecule has 0 saturated heterocycles. The van der Waals surface area contributed by atoms with E-state index >= 15 is 0 Å². The molecule has 2 atom stereocenters. The van der Waals surface area contributed by atoms with Crippen LogP contribution in [0.4, 0.5) is 0 Å². The van der Waals surface area contributed by atoms with Crippen molar-refractivity contribution in [2.45, 2.75) is 64.3 Å². The predicted octanol–water partition coefficient (Wildman–Crippen LogP) is 1.09. The van der Waals surface area contributed by atoms with E-state index < -0.39 is 20.6 Å². The van der Waals surface area contributed by atoms with Gasteiger partial charge in [0.15, 0.2) is 9.84 Å². The van der Waals surface area contributed by atoms with Gasteiger partial charge in [0.2, 0.25) is 5.91 Å². The van der Waals surface area contributed by atoms with E-state index in [1.165, 1.54) is 6.26 Å². The maximum Gasteiger partial charge on any atom is 0.237 e.